The van der Waals surface area contributed by atoms with Crippen LogP contribution in [0.1, 0.15) is 49.8 Å². The molecule has 0 aliphatic carbocycles. The first-order valence-electron chi connectivity index (χ1n) is 11.7. The van der Waals surface area contributed by atoms with Gasteiger partial charge in [-0.05, 0) is 23.3 Å². The van der Waals surface area contributed by atoms with Crippen LogP contribution in [-0.4, -0.2) is 36.1 Å². The maximum Gasteiger partial charge on any atom is 0.208 e. The smallest absolute Gasteiger partial charge is 0.208 e. The summed E-state index contributed by atoms with van der Waals surface area (Å²) in [5, 5.41) is 10.2. The molecule has 6 rings (SSSR count). The molecule has 1 spiro atoms. The summed E-state index contributed by atoms with van der Waals surface area (Å²) in [5.41, 5.74) is 3.40. The highest BCUT2D eigenvalue weighted by atomic mass is 16.5. The van der Waals surface area contributed by atoms with Crippen molar-refractivity contribution in [1.29, 1.82) is 0 Å². The minimum absolute atomic E-state index is 0.256. The third-order valence-corrected chi connectivity index (χ3v) is 7.35. The van der Waals surface area contributed by atoms with E-state index in [-0.39, 0.29) is 11.8 Å². The molecule has 3 heterocycles. The largest absolute Gasteiger partial charge is 0.466 e. The molecule has 0 bridgehead atoms. The summed E-state index contributed by atoms with van der Waals surface area (Å²) in [4.78, 5) is 1.70. The van der Waals surface area contributed by atoms with Crippen LogP contribution in [0, 0.1) is 0 Å². The summed E-state index contributed by atoms with van der Waals surface area (Å²) in [6.45, 7) is 5.83. The second kappa shape index (κ2) is 7.38. The Morgan fingerprint density at radius 1 is 1.00 bits per heavy atom. The van der Waals surface area contributed by atoms with Gasteiger partial charge in [0.1, 0.15) is 5.75 Å². The molecule has 3 aliphatic rings. The minimum Gasteiger partial charge on any atom is -0.466 e. The average molecular weight is 413 g/mol. The van der Waals surface area contributed by atoms with Crippen molar-refractivity contribution in [1.82, 2.24) is 5.01 Å². The topological polar surface area (TPSA) is 29.3 Å². The zero-order valence-corrected chi connectivity index (χ0v) is 18.2. The monoisotopic (exact) mass is 412 g/mol. The van der Waals surface area contributed by atoms with E-state index in [1.807, 2.05) is 0 Å². The molecule has 4 heteroatoms. The predicted molar refractivity (Wildman–Crippen MR) is 125 cm³/mol. The van der Waals surface area contributed by atoms with Gasteiger partial charge in [0.15, 0.2) is 0 Å². The fourth-order valence-corrected chi connectivity index (χ4v) is 5.80. The molecular formula is C27H30N3O+. The van der Waals surface area contributed by atoms with E-state index in [4.69, 9.17) is 9.84 Å². The number of ether oxygens (including phenoxy) is 1. The Bertz CT molecular complexity index is 1140. The summed E-state index contributed by atoms with van der Waals surface area (Å²) in [7, 11) is 0. The zero-order valence-electron chi connectivity index (χ0n) is 18.2. The number of nitrogens with zero attached hydrogens (tertiary/aromatic N) is 2. The van der Waals surface area contributed by atoms with Crippen LogP contribution in [0.25, 0.3) is 10.8 Å². The molecule has 3 aromatic rings. The molecule has 1 saturated heterocycles. The Kier molecular flexibility index (Phi) is 4.50. The maximum atomic E-state index is 6.78. The van der Waals surface area contributed by atoms with Crippen LogP contribution in [0.4, 0.5) is 0 Å². The molecule has 4 nitrogen and oxygen atoms in total. The quantitative estimate of drug-likeness (QED) is 0.700. The first-order chi connectivity index (χ1) is 15.3. The molecule has 0 aromatic heterocycles. The van der Waals surface area contributed by atoms with Gasteiger partial charge >= 0.3 is 0 Å². The number of nitrogens with one attached hydrogen (secondary N) is 1. The second-order valence-corrected chi connectivity index (χ2v) is 9.22. The SMILES string of the molecule is CCC[NH+]1CCC2(CC1)Oc1ccccc1[C@H]1CC(c3cccc4ccccc34)=NN12. The lowest BCUT2D eigenvalue weighted by atomic mass is 9.90. The molecule has 0 unspecified atom stereocenters. The van der Waals surface area contributed by atoms with E-state index in [9.17, 15) is 0 Å². The number of para-hydroxylation sites is 1. The molecule has 158 valence electrons. The molecule has 1 fully saturated rings. The molecular weight excluding hydrogens is 382 g/mol. The van der Waals surface area contributed by atoms with E-state index in [0.29, 0.717) is 0 Å². The van der Waals surface area contributed by atoms with Crippen molar-refractivity contribution in [3.63, 3.8) is 0 Å². The molecule has 0 radical (unpaired) electrons. The fourth-order valence-electron chi connectivity index (χ4n) is 5.80. The van der Waals surface area contributed by atoms with Crippen molar-refractivity contribution in [3.05, 3.63) is 77.9 Å². The van der Waals surface area contributed by atoms with E-state index in [1.54, 1.807) is 4.90 Å². The van der Waals surface area contributed by atoms with Gasteiger partial charge in [0.05, 0.1) is 44.2 Å². The molecule has 3 aromatic carbocycles. The number of hydrazone groups is 1. The van der Waals surface area contributed by atoms with Gasteiger partial charge in [-0.3, -0.25) is 0 Å². The van der Waals surface area contributed by atoms with Gasteiger partial charge in [-0.2, -0.15) is 5.10 Å². The normalized spacial score (nSPS) is 27.0. The highest BCUT2D eigenvalue weighted by molar-refractivity contribution is 6.11. The third kappa shape index (κ3) is 3.04. The Labute approximate surface area is 184 Å². The zero-order chi connectivity index (χ0) is 20.8. The summed E-state index contributed by atoms with van der Waals surface area (Å²) in [6.07, 6.45) is 4.22. The molecule has 0 saturated carbocycles. The molecule has 31 heavy (non-hydrogen) atoms. The lowest BCUT2D eigenvalue weighted by molar-refractivity contribution is -0.908. The standard InChI is InChI=1S/C27H29N3O/c1-2-16-29-17-14-27(15-18-29)30-25(23-11-5-6-13-26(23)31-27)19-24(28-30)22-12-7-9-20-8-3-4-10-21(20)22/h3-13,25H,2,14-19H2,1H3/p+1/t25-/m1/s1. The van der Waals surface area contributed by atoms with Crippen molar-refractivity contribution < 1.29 is 9.64 Å². The van der Waals surface area contributed by atoms with Crippen molar-refractivity contribution >= 4 is 16.5 Å². The molecule has 1 N–H and O–H groups in total. The van der Waals surface area contributed by atoms with Gasteiger partial charge in [0, 0.05) is 17.5 Å². The van der Waals surface area contributed by atoms with E-state index in [2.05, 4.69) is 78.7 Å². The first-order valence-corrected chi connectivity index (χ1v) is 11.7. The van der Waals surface area contributed by atoms with Crippen LogP contribution in [0.2, 0.25) is 0 Å². The summed E-state index contributed by atoms with van der Waals surface area (Å²) < 4.78 is 6.78. The maximum absolute atomic E-state index is 6.78. The van der Waals surface area contributed by atoms with E-state index < -0.39 is 0 Å². The van der Waals surface area contributed by atoms with Crippen LogP contribution in [0.5, 0.6) is 5.75 Å². The number of quaternary nitrogens is 1. The molecule has 0 amide bonds. The van der Waals surface area contributed by atoms with Crippen molar-refractivity contribution in [2.75, 3.05) is 19.6 Å². The minimum atomic E-state index is -0.317. The van der Waals surface area contributed by atoms with Crippen molar-refractivity contribution in [2.45, 2.75) is 44.4 Å². The van der Waals surface area contributed by atoms with E-state index in [1.165, 1.54) is 40.6 Å². The van der Waals surface area contributed by atoms with Gasteiger partial charge in [-0.1, -0.05) is 67.6 Å². The average Bonchev–Trinajstić information content (AvgIpc) is 3.27. The van der Waals surface area contributed by atoms with Crippen LogP contribution in [-0.2, 0) is 0 Å². The highest BCUT2D eigenvalue weighted by Gasteiger charge is 2.52. The van der Waals surface area contributed by atoms with Gasteiger partial charge < -0.3 is 9.64 Å². The van der Waals surface area contributed by atoms with Crippen LogP contribution in [0.3, 0.4) is 0 Å². The molecule has 1 atom stereocenters. The number of likely N-dealkylation sites (tertiary alicyclic amines) is 1. The predicted octanol–water partition coefficient (Wildman–Crippen LogP) is 4.17. The lowest BCUT2D eigenvalue weighted by Crippen LogP contribution is -3.14. The van der Waals surface area contributed by atoms with Crippen LogP contribution >= 0.6 is 0 Å². The molecule has 3 aliphatic heterocycles. The number of piperidine rings is 1. The lowest BCUT2D eigenvalue weighted by Gasteiger charge is -2.50. The van der Waals surface area contributed by atoms with Gasteiger partial charge in [-0.15, -0.1) is 0 Å². The number of fused-ring (bicyclic) bond motifs is 5. The Morgan fingerprint density at radius 2 is 1.77 bits per heavy atom. The summed E-state index contributed by atoms with van der Waals surface area (Å²) >= 11 is 0. The van der Waals surface area contributed by atoms with Gasteiger partial charge in [0.2, 0.25) is 5.72 Å². The fraction of sp³-hybridized carbons (Fsp3) is 0.370. The van der Waals surface area contributed by atoms with Gasteiger partial charge in [-0.25, -0.2) is 5.01 Å². The number of benzene rings is 3. The van der Waals surface area contributed by atoms with Crippen molar-refractivity contribution in [2.24, 2.45) is 5.10 Å². The number of hydrogen-bond donors (Lipinski definition) is 1. The Balaban J connectivity index is 1.42. The van der Waals surface area contributed by atoms with Crippen LogP contribution in [0.15, 0.2) is 71.8 Å². The van der Waals surface area contributed by atoms with E-state index in [0.717, 1.165) is 38.1 Å². The number of hydrogen-bond acceptors (Lipinski definition) is 3. The van der Waals surface area contributed by atoms with E-state index >= 15 is 0 Å². The Hall–Kier alpha value is -2.85. The Morgan fingerprint density at radius 3 is 2.65 bits per heavy atom. The van der Waals surface area contributed by atoms with Crippen LogP contribution < -0.4 is 9.64 Å². The highest BCUT2D eigenvalue weighted by Crippen LogP contribution is 2.49. The summed E-state index contributed by atoms with van der Waals surface area (Å²) in [6, 6.07) is 24.1. The number of rotatable bonds is 3. The first kappa shape index (κ1) is 18.9. The van der Waals surface area contributed by atoms with Gasteiger partial charge in [0.25, 0.3) is 0 Å². The third-order valence-electron chi connectivity index (χ3n) is 7.35. The second-order valence-electron chi connectivity index (χ2n) is 9.22. The van der Waals surface area contributed by atoms with Crippen molar-refractivity contribution in [3.8, 4) is 5.75 Å². The summed E-state index contributed by atoms with van der Waals surface area (Å²) in [5.74, 6) is 1.05.